The highest BCUT2D eigenvalue weighted by Crippen LogP contribution is 2.05. The number of hydrogen-bond donors (Lipinski definition) is 3. The van der Waals surface area contributed by atoms with Crippen molar-refractivity contribution in [3.63, 3.8) is 0 Å². The molecule has 6 heteroatoms. The van der Waals surface area contributed by atoms with Crippen LogP contribution in [0.4, 0.5) is 4.79 Å². The lowest BCUT2D eigenvalue weighted by atomic mass is 10.0. The first-order chi connectivity index (χ1) is 8.56. The van der Waals surface area contributed by atoms with Crippen molar-refractivity contribution in [2.45, 2.75) is 19.8 Å². The fraction of sp³-hybridized carbons (Fsp3) is 0.667. The van der Waals surface area contributed by atoms with Gasteiger partial charge in [0.05, 0.1) is 12.5 Å². The lowest BCUT2D eigenvalue weighted by Gasteiger charge is -2.21. The highest BCUT2D eigenvalue weighted by molar-refractivity contribution is 5.76. The molecule has 0 radical (unpaired) electrons. The molecule has 0 saturated heterocycles. The predicted octanol–water partition coefficient (Wildman–Crippen LogP) is 0.677. The van der Waals surface area contributed by atoms with E-state index in [2.05, 4.69) is 11.9 Å². The third-order valence-corrected chi connectivity index (χ3v) is 2.49. The van der Waals surface area contributed by atoms with Crippen molar-refractivity contribution < 1.29 is 19.8 Å². The van der Waals surface area contributed by atoms with Crippen molar-refractivity contribution in [1.82, 2.24) is 10.2 Å². The third-order valence-electron chi connectivity index (χ3n) is 2.49. The Morgan fingerprint density at radius 2 is 2.17 bits per heavy atom. The average Bonchev–Trinajstić information content (AvgIpc) is 2.33. The molecule has 104 valence electrons. The first-order valence-corrected chi connectivity index (χ1v) is 6.04. The highest BCUT2D eigenvalue weighted by atomic mass is 16.4. The average molecular weight is 258 g/mol. The van der Waals surface area contributed by atoms with Crippen LogP contribution in [0.3, 0.4) is 0 Å². The molecule has 18 heavy (non-hydrogen) atoms. The number of nitrogens with zero attached hydrogens (tertiary/aromatic N) is 1. The molecule has 0 aromatic heterocycles. The van der Waals surface area contributed by atoms with Crippen molar-refractivity contribution in [1.29, 1.82) is 0 Å². The number of nitrogens with one attached hydrogen (secondary N) is 1. The molecule has 1 unspecified atom stereocenters. The van der Waals surface area contributed by atoms with Gasteiger partial charge in [-0.25, -0.2) is 4.79 Å². The van der Waals surface area contributed by atoms with E-state index in [0.29, 0.717) is 13.0 Å². The Morgan fingerprint density at radius 3 is 2.61 bits per heavy atom. The van der Waals surface area contributed by atoms with Crippen LogP contribution in [0.2, 0.25) is 0 Å². The van der Waals surface area contributed by atoms with E-state index < -0.39 is 11.9 Å². The largest absolute Gasteiger partial charge is 0.481 e. The molecule has 0 aliphatic heterocycles. The van der Waals surface area contributed by atoms with Crippen LogP contribution >= 0.6 is 0 Å². The molecule has 0 aliphatic rings. The first-order valence-electron chi connectivity index (χ1n) is 6.04. The number of carboxylic acids is 1. The predicted molar refractivity (Wildman–Crippen MR) is 68.3 cm³/mol. The fourth-order valence-electron chi connectivity index (χ4n) is 1.54. The molecule has 0 fully saturated rings. The second-order valence-corrected chi connectivity index (χ2v) is 3.97. The quantitative estimate of drug-likeness (QED) is 0.530. The summed E-state index contributed by atoms with van der Waals surface area (Å²) in [4.78, 5) is 24.0. The Morgan fingerprint density at radius 1 is 1.50 bits per heavy atom. The van der Waals surface area contributed by atoms with E-state index in [0.717, 1.165) is 6.42 Å². The highest BCUT2D eigenvalue weighted by Gasteiger charge is 2.18. The normalized spacial score (nSPS) is 11.7. The Hall–Kier alpha value is -1.56. The number of carboxylic acid groups (broad SMARTS) is 1. The van der Waals surface area contributed by atoms with E-state index in [4.69, 9.17) is 10.2 Å². The maximum absolute atomic E-state index is 11.7. The number of carbonyl (C=O) groups excluding carboxylic acids is 1. The minimum absolute atomic E-state index is 0.0983. The van der Waals surface area contributed by atoms with E-state index in [1.807, 2.05) is 6.92 Å². The van der Waals surface area contributed by atoms with Crippen molar-refractivity contribution in [3.05, 3.63) is 12.7 Å². The zero-order valence-corrected chi connectivity index (χ0v) is 10.8. The molecule has 1 atom stereocenters. The second kappa shape index (κ2) is 9.47. The van der Waals surface area contributed by atoms with Gasteiger partial charge >= 0.3 is 12.0 Å². The zero-order valence-electron chi connectivity index (χ0n) is 10.8. The summed E-state index contributed by atoms with van der Waals surface area (Å²) < 4.78 is 0. The summed E-state index contributed by atoms with van der Waals surface area (Å²) in [7, 11) is 0. The maximum Gasteiger partial charge on any atom is 0.317 e. The van der Waals surface area contributed by atoms with Crippen LogP contribution in [0.5, 0.6) is 0 Å². The van der Waals surface area contributed by atoms with Gasteiger partial charge in [0.2, 0.25) is 0 Å². The molecular formula is C12H22N2O4. The number of aliphatic hydroxyl groups excluding tert-OH is 1. The van der Waals surface area contributed by atoms with Crippen molar-refractivity contribution >= 4 is 12.0 Å². The van der Waals surface area contributed by atoms with E-state index in [9.17, 15) is 9.59 Å². The standard InChI is InChI=1S/C12H22N2O4/c1-3-5-10(11(16)17)9-13-12(18)14(6-4-2)7-8-15/h4,10,15H,2-3,5-9H2,1H3,(H,13,18)(H,16,17). The molecule has 2 amide bonds. The number of urea groups is 1. The molecule has 0 aliphatic carbocycles. The number of aliphatic carboxylic acids is 1. The summed E-state index contributed by atoms with van der Waals surface area (Å²) in [5.74, 6) is -1.48. The maximum atomic E-state index is 11.7. The van der Waals surface area contributed by atoms with Gasteiger partial charge in [0, 0.05) is 19.6 Å². The molecule has 0 spiro atoms. The smallest absolute Gasteiger partial charge is 0.317 e. The molecular weight excluding hydrogens is 236 g/mol. The summed E-state index contributed by atoms with van der Waals surface area (Å²) in [6.45, 7) is 5.89. The van der Waals surface area contributed by atoms with Crippen LogP contribution in [-0.2, 0) is 4.79 Å². The van der Waals surface area contributed by atoms with Crippen LogP contribution < -0.4 is 5.32 Å². The molecule has 0 heterocycles. The SMILES string of the molecule is C=CCN(CCO)C(=O)NCC(CCC)C(=O)O. The van der Waals surface area contributed by atoms with Gasteiger partial charge in [-0.3, -0.25) is 4.79 Å². The molecule has 0 saturated carbocycles. The summed E-state index contributed by atoms with van der Waals surface area (Å²) >= 11 is 0. The van der Waals surface area contributed by atoms with Crippen molar-refractivity contribution in [2.75, 3.05) is 26.2 Å². The van der Waals surface area contributed by atoms with Crippen LogP contribution in [0, 0.1) is 5.92 Å². The van der Waals surface area contributed by atoms with Gasteiger partial charge in [-0.15, -0.1) is 6.58 Å². The van der Waals surface area contributed by atoms with E-state index in [1.54, 1.807) is 6.08 Å². The minimum atomic E-state index is -0.908. The van der Waals surface area contributed by atoms with Gasteiger partial charge in [0.25, 0.3) is 0 Å². The lowest BCUT2D eigenvalue weighted by Crippen LogP contribution is -2.44. The van der Waals surface area contributed by atoms with Crippen LogP contribution in [0.15, 0.2) is 12.7 Å². The van der Waals surface area contributed by atoms with Gasteiger partial charge in [0.1, 0.15) is 0 Å². The van der Waals surface area contributed by atoms with Gasteiger partial charge in [-0.1, -0.05) is 19.4 Å². The van der Waals surface area contributed by atoms with E-state index >= 15 is 0 Å². The number of amides is 2. The lowest BCUT2D eigenvalue weighted by molar-refractivity contribution is -0.141. The molecule has 0 aromatic carbocycles. The molecule has 0 rings (SSSR count). The Labute approximate surface area is 107 Å². The Balaban J connectivity index is 4.26. The summed E-state index contributed by atoms with van der Waals surface area (Å²) in [5.41, 5.74) is 0. The summed E-state index contributed by atoms with van der Waals surface area (Å²) in [6, 6.07) is -0.383. The number of rotatable bonds is 9. The summed E-state index contributed by atoms with van der Waals surface area (Å²) in [6.07, 6.45) is 2.83. The summed E-state index contributed by atoms with van der Waals surface area (Å²) in [5, 5.41) is 20.3. The Bertz CT molecular complexity index is 281. The monoisotopic (exact) mass is 258 g/mol. The Kier molecular flexibility index (Phi) is 8.65. The molecule has 0 bridgehead atoms. The molecule has 0 aromatic rings. The first kappa shape index (κ1) is 16.4. The minimum Gasteiger partial charge on any atom is -0.481 e. The van der Waals surface area contributed by atoms with Crippen LogP contribution in [-0.4, -0.2) is 53.4 Å². The van der Waals surface area contributed by atoms with Crippen molar-refractivity contribution in [3.8, 4) is 0 Å². The molecule has 6 nitrogen and oxygen atoms in total. The van der Waals surface area contributed by atoms with Crippen molar-refractivity contribution in [2.24, 2.45) is 5.92 Å². The van der Waals surface area contributed by atoms with Gasteiger partial charge in [-0.05, 0) is 6.42 Å². The van der Waals surface area contributed by atoms with Crippen LogP contribution in [0.25, 0.3) is 0 Å². The van der Waals surface area contributed by atoms with Gasteiger partial charge in [-0.2, -0.15) is 0 Å². The van der Waals surface area contributed by atoms with Gasteiger partial charge < -0.3 is 20.4 Å². The zero-order chi connectivity index (χ0) is 14.0. The molecule has 3 N–H and O–H groups in total. The third kappa shape index (κ3) is 6.24. The van der Waals surface area contributed by atoms with E-state index in [-0.39, 0.29) is 25.7 Å². The number of carbonyl (C=O) groups is 2. The number of hydrogen-bond acceptors (Lipinski definition) is 3. The van der Waals surface area contributed by atoms with Gasteiger partial charge in [0.15, 0.2) is 0 Å². The fourth-order valence-corrected chi connectivity index (χ4v) is 1.54. The van der Waals surface area contributed by atoms with Crippen LogP contribution in [0.1, 0.15) is 19.8 Å². The second-order valence-electron chi connectivity index (χ2n) is 3.97. The number of aliphatic hydroxyl groups is 1. The van der Waals surface area contributed by atoms with E-state index in [1.165, 1.54) is 4.90 Å². The topological polar surface area (TPSA) is 89.9 Å².